The first-order valence-electron chi connectivity index (χ1n) is 6.81. The average Bonchev–Trinajstić information content (AvgIpc) is 2.46. The van der Waals surface area contributed by atoms with Gasteiger partial charge in [0.05, 0.1) is 5.92 Å². The maximum Gasteiger partial charge on any atom is 0.333 e. The van der Waals surface area contributed by atoms with E-state index in [1.54, 1.807) is 6.92 Å². The second kappa shape index (κ2) is 11.1. The Hall–Kier alpha value is -1.54. The topological polar surface area (TPSA) is 116 Å². The molecule has 0 spiro atoms. The summed E-state index contributed by atoms with van der Waals surface area (Å²) in [5.41, 5.74) is 5.66. The first-order chi connectivity index (χ1) is 10.3. The lowest BCUT2D eigenvalue weighted by molar-refractivity contribution is -0.152. The molecule has 0 aliphatic carbocycles. The van der Waals surface area contributed by atoms with Crippen LogP contribution in [0, 0.1) is 5.92 Å². The van der Waals surface area contributed by atoms with Crippen LogP contribution in [0.1, 0.15) is 20.3 Å². The lowest BCUT2D eigenvalue weighted by atomic mass is 10.2. The third kappa shape index (κ3) is 9.41. The van der Waals surface area contributed by atoms with Crippen LogP contribution in [0.4, 0.5) is 0 Å². The number of esters is 2. The molecule has 3 N–H and O–H groups in total. The summed E-state index contributed by atoms with van der Waals surface area (Å²) in [4.78, 5) is 33.2. The van der Waals surface area contributed by atoms with Crippen LogP contribution < -0.4 is 5.73 Å². The summed E-state index contributed by atoms with van der Waals surface area (Å²) in [5.74, 6) is -1.20. The Balaban J connectivity index is 3.73. The molecule has 0 aromatic carbocycles. The maximum absolute atomic E-state index is 11.6. The minimum Gasteiger partial charge on any atom is -0.480 e. The van der Waals surface area contributed by atoms with Crippen molar-refractivity contribution in [1.82, 2.24) is 0 Å². The average molecular weight is 333 g/mol. The summed E-state index contributed by atoms with van der Waals surface area (Å²) in [5, 5.41) is 8.62. The third-order valence-corrected chi connectivity index (χ3v) is 3.83. The molecule has 0 saturated heterocycles. The first kappa shape index (κ1) is 20.5. The molecule has 0 aromatic rings. The minimum absolute atomic E-state index is 0.00323. The molecule has 2 unspecified atom stereocenters. The van der Waals surface area contributed by atoms with Crippen LogP contribution in [-0.4, -0.2) is 53.8 Å². The molecule has 0 radical (unpaired) electrons. The monoisotopic (exact) mass is 333 g/mol. The molecular weight excluding hydrogens is 310 g/mol. The molecule has 0 rings (SSSR count). The molecule has 0 bridgehead atoms. The largest absolute Gasteiger partial charge is 0.480 e. The lowest BCUT2D eigenvalue weighted by Crippen LogP contribution is -2.30. The SMILES string of the molecule is C=C(C)C(=O)OCCOC(=O)C(C)CSCCC(N)C(=O)O. The first-order valence-corrected chi connectivity index (χ1v) is 7.96. The predicted octanol–water partition coefficient (Wildman–Crippen LogP) is 0.820. The number of nitrogens with two attached hydrogens (primary N) is 1. The summed E-state index contributed by atoms with van der Waals surface area (Å²) < 4.78 is 9.76. The Morgan fingerprint density at radius 2 is 1.86 bits per heavy atom. The Kier molecular flexibility index (Phi) is 10.3. The van der Waals surface area contributed by atoms with E-state index in [0.29, 0.717) is 17.9 Å². The van der Waals surface area contributed by atoms with E-state index in [0.717, 1.165) is 0 Å². The van der Waals surface area contributed by atoms with Gasteiger partial charge in [0, 0.05) is 11.3 Å². The minimum atomic E-state index is -1.03. The molecule has 22 heavy (non-hydrogen) atoms. The summed E-state index contributed by atoms with van der Waals surface area (Å²) in [6, 6.07) is -0.877. The van der Waals surface area contributed by atoms with Crippen LogP contribution in [-0.2, 0) is 23.9 Å². The van der Waals surface area contributed by atoms with Gasteiger partial charge in [-0.1, -0.05) is 13.5 Å². The number of carboxylic acids is 1. The number of hydrogen-bond donors (Lipinski definition) is 2. The molecule has 8 heteroatoms. The highest BCUT2D eigenvalue weighted by Crippen LogP contribution is 2.12. The predicted molar refractivity (Wildman–Crippen MR) is 83.4 cm³/mol. The van der Waals surface area contributed by atoms with Gasteiger partial charge in [0.25, 0.3) is 0 Å². The van der Waals surface area contributed by atoms with Gasteiger partial charge in [-0.15, -0.1) is 0 Å². The zero-order chi connectivity index (χ0) is 17.1. The van der Waals surface area contributed by atoms with E-state index in [2.05, 4.69) is 6.58 Å². The van der Waals surface area contributed by atoms with E-state index in [1.807, 2.05) is 0 Å². The van der Waals surface area contributed by atoms with Crippen molar-refractivity contribution in [3.63, 3.8) is 0 Å². The molecule has 0 aliphatic rings. The van der Waals surface area contributed by atoms with Crippen molar-refractivity contribution in [2.24, 2.45) is 11.7 Å². The number of hydrogen-bond acceptors (Lipinski definition) is 7. The third-order valence-electron chi connectivity index (χ3n) is 2.57. The molecule has 0 saturated carbocycles. The highest BCUT2D eigenvalue weighted by atomic mass is 32.2. The van der Waals surface area contributed by atoms with Crippen LogP contribution in [0.25, 0.3) is 0 Å². The van der Waals surface area contributed by atoms with Crippen molar-refractivity contribution < 1.29 is 29.0 Å². The summed E-state index contributed by atoms with van der Waals surface area (Å²) >= 11 is 1.44. The van der Waals surface area contributed by atoms with Crippen molar-refractivity contribution in [3.8, 4) is 0 Å². The van der Waals surface area contributed by atoms with E-state index < -0.39 is 18.0 Å². The quantitative estimate of drug-likeness (QED) is 0.324. The fraction of sp³-hybridized carbons (Fsp3) is 0.643. The number of thioether (sulfide) groups is 1. The molecule has 126 valence electrons. The van der Waals surface area contributed by atoms with Gasteiger partial charge in [-0.25, -0.2) is 4.79 Å². The fourth-order valence-corrected chi connectivity index (χ4v) is 2.28. The van der Waals surface area contributed by atoms with Gasteiger partial charge in [0.15, 0.2) is 0 Å². The second-order valence-electron chi connectivity index (χ2n) is 4.79. The number of carbonyl (C=O) groups excluding carboxylic acids is 2. The van der Waals surface area contributed by atoms with Gasteiger partial charge >= 0.3 is 17.9 Å². The number of carboxylic acid groups (broad SMARTS) is 1. The summed E-state index contributed by atoms with van der Waals surface area (Å²) in [7, 11) is 0. The molecule has 2 atom stereocenters. The van der Waals surface area contributed by atoms with E-state index >= 15 is 0 Å². The molecule has 0 fully saturated rings. The normalized spacial score (nSPS) is 13.0. The van der Waals surface area contributed by atoms with Crippen molar-refractivity contribution in [1.29, 1.82) is 0 Å². The Morgan fingerprint density at radius 1 is 1.27 bits per heavy atom. The summed E-state index contributed by atoms with van der Waals surface area (Å²) in [6.07, 6.45) is 0.346. The molecule has 0 aliphatic heterocycles. The Labute approximate surface area is 134 Å². The Bertz CT molecular complexity index is 412. The van der Waals surface area contributed by atoms with Gasteiger partial charge in [0.1, 0.15) is 19.3 Å². The lowest BCUT2D eigenvalue weighted by Gasteiger charge is -2.12. The van der Waals surface area contributed by atoms with Crippen molar-refractivity contribution in [3.05, 3.63) is 12.2 Å². The van der Waals surface area contributed by atoms with E-state index in [4.69, 9.17) is 20.3 Å². The van der Waals surface area contributed by atoms with Crippen molar-refractivity contribution in [2.45, 2.75) is 26.3 Å². The van der Waals surface area contributed by atoms with Gasteiger partial charge in [-0.05, 0) is 19.1 Å². The van der Waals surface area contributed by atoms with Crippen molar-refractivity contribution >= 4 is 29.7 Å². The van der Waals surface area contributed by atoms with Crippen LogP contribution in [0.2, 0.25) is 0 Å². The van der Waals surface area contributed by atoms with Gasteiger partial charge in [-0.3, -0.25) is 9.59 Å². The van der Waals surface area contributed by atoms with Crippen LogP contribution in [0.15, 0.2) is 12.2 Å². The number of ether oxygens (including phenoxy) is 2. The van der Waals surface area contributed by atoms with Crippen LogP contribution in [0.5, 0.6) is 0 Å². The van der Waals surface area contributed by atoms with Crippen LogP contribution >= 0.6 is 11.8 Å². The maximum atomic E-state index is 11.6. The Morgan fingerprint density at radius 3 is 2.41 bits per heavy atom. The van der Waals surface area contributed by atoms with Gasteiger partial charge < -0.3 is 20.3 Å². The second-order valence-corrected chi connectivity index (χ2v) is 5.94. The van der Waals surface area contributed by atoms with E-state index in [-0.39, 0.29) is 30.7 Å². The van der Waals surface area contributed by atoms with E-state index in [1.165, 1.54) is 18.7 Å². The number of rotatable bonds is 11. The highest BCUT2D eigenvalue weighted by molar-refractivity contribution is 7.99. The zero-order valence-electron chi connectivity index (χ0n) is 12.9. The molecule has 0 aromatic heterocycles. The standard InChI is InChI=1S/C14H23NO6S/c1-9(2)13(18)20-5-6-21-14(19)10(3)8-22-7-4-11(15)12(16)17/h10-11H,1,4-8,15H2,2-3H3,(H,16,17). The molecular formula is C14H23NO6S. The summed E-state index contributed by atoms with van der Waals surface area (Å²) in [6.45, 7) is 6.67. The van der Waals surface area contributed by atoms with Crippen LogP contribution in [0.3, 0.4) is 0 Å². The van der Waals surface area contributed by atoms with Gasteiger partial charge in [-0.2, -0.15) is 11.8 Å². The van der Waals surface area contributed by atoms with Gasteiger partial charge in [0.2, 0.25) is 0 Å². The zero-order valence-corrected chi connectivity index (χ0v) is 13.7. The molecule has 0 heterocycles. The fourth-order valence-electron chi connectivity index (χ4n) is 1.20. The number of carbonyl (C=O) groups is 3. The number of aliphatic carboxylic acids is 1. The smallest absolute Gasteiger partial charge is 0.333 e. The molecule has 7 nitrogen and oxygen atoms in total. The highest BCUT2D eigenvalue weighted by Gasteiger charge is 2.16. The molecule has 0 amide bonds. The van der Waals surface area contributed by atoms with E-state index in [9.17, 15) is 14.4 Å². The van der Waals surface area contributed by atoms with Crippen molar-refractivity contribution in [2.75, 3.05) is 24.7 Å².